The van der Waals surface area contributed by atoms with Gasteiger partial charge in [-0.05, 0) is 68.9 Å². The Balaban J connectivity index is 1.29. The van der Waals surface area contributed by atoms with Crippen LogP contribution in [-0.4, -0.2) is 4.57 Å². The van der Waals surface area contributed by atoms with E-state index in [1.807, 2.05) is 6.07 Å². The van der Waals surface area contributed by atoms with Gasteiger partial charge in [-0.15, -0.1) is 0 Å². The van der Waals surface area contributed by atoms with Crippen molar-refractivity contribution in [2.75, 3.05) is 0 Å². The second-order valence-electron chi connectivity index (χ2n) is 12.0. The van der Waals surface area contributed by atoms with Crippen LogP contribution in [0.1, 0.15) is 0 Å². The molecule has 8 aromatic carbocycles. The second-order valence-corrected chi connectivity index (χ2v) is 12.0. The molecule has 9 aromatic rings. The number of para-hydroxylation sites is 2. The first kappa shape index (κ1) is 25.2. The largest absolute Gasteiger partial charge is 0.456 e. The molecule has 0 saturated heterocycles. The van der Waals surface area contributed by atoms with Crippen LogP contribution >= 0.6 is 0 Å². The van der Waals surface area contributed by atoms with E-state index in [1.165, 1.54) is 71.2 Å². The number of hydrogen-bond donors (Lipinski definition) is 0. The maximum Gasteiger partial charge on any atom is 0.135 e. The Morgan fingerprint density at radius 1 is 0.348 bits per heavy atom. The fourth-order valence-electron chi connectivity index (χ4n) is 7.67. The number of rotatable bonds is 3. The van der Waals surface area contributed by atoms with Crippen LogP contribution in [0.25, 0.3) is 82.4 Å². The molecular formula is C44H27NO. The SMILES string of the molecule is c1ccc(-n2c3cccc(-c4ccccc4-c4ccc5c6c(cccc46)-c4ccccc4O5)c3c3ccc4ccccc4c32)cc1. The molecule has 2 heteroatoms. The third-order valence-electron chi connectivity index (χ3n) is 9.60. The van der Waals surface area contributed by atoms with Gasteiger partial charge in [0, 0.05) is 32.8 Å². The van der Waals surface area contributed by atoms with Crippen LogP contribution in [0.4, 0.5) is 0 Å². The van der Waals surface area contributed by atoms with Crippen LogP contribution in [0.3, 0.4) is 0 Å². The van der Waals surface area contributed by atoms with E-state index in [1.54, 1.807) is 0 Å². The molecule has 0 fully saturated rings. The van der Waals surface area contributed by atoms with E-state index < -0.39 is 0 Å². The van der Waals surface area contributed by atoms with Crippen LogP contribution < -0.4 is 4.74 Å². The van der Waals surface area contributed by atoms with Gasteiger partial charge in [-0.25, -0.2) is 0 Å². The topological polar surface area (TPSA) is 14.2 Å². The number of hydrogen-bond acceptors (Lipinski definition) is 1. The zero-order valence-corrected chi connectivity index (χ0v) is 24.9. The quantitative estimate of drug-likeness (QED) is 0.201. The summed E-state index contributed by atoms with van der Waals surface area (Å²) < 4.78 is 8.88. The summed E-state index contributed by atoms with van der Waals surface area (Å²) in [5.41, 5.74) is 10.8. The summed E-state index contributed by atoms with van der Waals surface area (Å²) in [5.74, 6) is 1.81. The maximum atomic E-state index is 6.44. The number of fused-ring (bicyclic) bond motifs is 7. The monoisotopic (exact) mass is 585 g/mol. The van der Waals surface area contributed by atoms with Gasteiger partial charge in [0.15, 0.2) is 0 Å². The van der Waals surface area contributed by atoms with Gasteiger partial charge >= 0.3 is 0 Å². The number of aromatic nitrogens is 1. The smallest absolute Gasteiger partial charge is 0.135 e. The summed E-state index contributed by atoms with van der Waals surface area (Å²) in [4.78, 5) is 0. The Morgan fingerprint density at radius 3 is 1.87 bits per heavy atom. The minimum atomic E-state index is 0.907. The summed E-state index contributed by atoms with van der Waals surface area (Å²) >= 11 is 0. The molecule has 2 heterocycles. The van der Waals surface area contributed by atoms with Crippen molar-refractivity contribution in [1.29, 1.82) is 0 Å². The third-order valence-corrected chi connectivity index (χ3v) is 9.60. The van der Waals surface area contributed by atoms with Crippen molar-refractivity contribution in [1.82, 2.24) is 4.57 Å². The third kappa shape index (κ3) is 3.53. The molecular weight excluding hydrogens is 558 g/mol. The van der Waals surface area contributed by atoms with Crippen molar-refractivity contribution in [2.24, 2.45) is 0 Å². The fraction of sp³-hybridized carbons (Fsp3) is 0. The highest BCUT2D eigenvalue weighted by molar-refractivity contribution is 6.23. The molecule has 0 unspecified atom stereocenters. The van der Waals surface area contributed by atoms with Gasteiger partial charge in [-0.2, -0.15) is 0 Å². The average Bonchev–Trinajstić information content (AvgIpc) is 3.48. The highest BCUT2D eigenvalue weighted by Gasteiger charge is 2.23. The first-order valence-electron chi connectivity index (χ1n) is 15.8. The molecule has 0 N–H and O–H groups in total. The van der Waals surface area contributed by atoms with Crippen molar-refractivity contribution in [3.8, 4) is 50.6 Å². The first-order chi connectivity index (χ1) is 22.8. The Hall–Kier alpha value is -6.12. The summed E-state index contributed by atoms with van der Waals surface area (Å²) in [6.45, 7) is 0. The van der Waals surface area contributed by atoms with Gasteiger partial charge in [-0.1, -0.05) is 133 Å². The summed E-state index contributed by atoms with van der Waals surface area (Å²) in [5, 5.41) is 7.37. The van der Waals surface area contributed by atoms with Gasteiger partial charge in [0.2, 0.25) is 0 Å². The van der Waals surface area contributed by atoms with Crippen molar-refractivity contribution >= 4 is 43.4 Å². The Labute approximate surface area is 266 Å². The Kier molecular flexibility index (Phi) is 5.31. The zero-order chi connectivity index (χ0) is 30.2. The highest BCUT2D eigenvalue weighted by atomic mass is 16.5. The molecule has 1 aliphatic rings. The van der Waals surface area contributed by atoms with E-state index in [4.69, 9.17) is 4.74 Å². The molecule has 0 amide bonds. The zero-order valence-electron chi connectivity index (χ0n) is 24.9. The molecule has 46 heavy (non-hydrogen) atoms. The van der Waals surface area contributed by atoms with Crippen LogP contribution in [0.5, 0.6) is 11.5 Å². The summed E-state index contributed by atoms with van der Waals surface area (Å²) in [6.07, 6.45) is 0. The molecule has 2 nitrogen and oxygen atoms in total. The van der Waals surface area contributed by atoms with E-state index >= 15 is 0 Å². The Morgan fingerprint density at radius 2 is 1.00 bits per heavy atom. The van der Waals surface area contributed by atoms with Gasteiger partial charge in [0.1, 0.15) is 11.5 Å². The molecule has 0 bridgehead atoms. The number of ether oxygens (including phenoxy) is 1. The molecule has 10 rings (SSSR count). The van der Waals surface area contributed by atoms with Crippen molar-refractivity contribution in [3.05, 3.63) is 164 Å². The number of nitrogens with zero attached hydrogens (tertiary/aromatic N) is 1. The Bertz CT molecular complexity index is 2660. The average molecular weight is 586 g/mol. The molecule has 0 atom stereocenters. The van der Waals surface area contributed by atoms with E-state index in [-0.39, 0.29) is 0 Å². The molecule has 0 aliphatic carbocycles. The van der Waals surface area contributed by atoms with Gasteiger partial charge in [0.05, 0.1) is 11.0 Å². The molecule has 1 aromatic heterocycles. The van der Waals surface area contributed by atoms with E-state index in [2.05, 4.69) is 162 Å². The van der Waals surface area contributed by atoms with Crippen LogP contribution in [0, 0.1) is 0 Å². The summed E-state index contributed by atoms with van der Waals surface area (Å²) in [7, 11) is 0. The maximum absolute atomic E-state index is 6.44. The minimum absolute atomic E-state index is 0.907. The predicted octanol–water partition coefficient (Wildman–Crippen LogP) is 12.2. The lowest BCUT2D eigenvalue weighted by Gasteiger charge is -2.23. The lowest BCUT2D eigenvalue weighted by molar-refractivity contribution is 0.487. The van der Waals surface area contributed by atoms with Crippen LogP contribution in [-0.2, 0) is 0 Å². The van der Waals surface area contributed by atoms with Gasteiger partial charge in [0.25, 0.3) is 0 Å². The van der Waals surface area contributed by atoms with Gasteiger partial charge in [-0.3, -0.25) is 0 Å². The van der Waals surface area contributed by atoms with E-state index in [0.717, 1.165) is 22.7 Å². The lowest BCUT2D eigenvalue weighted by Crippen LogP contribution is -1.98. The van der Waals surface area contributed by atoms with Crippen molar-refractivity contribution < 1.29 is 4.74 Å². The molecule has 1 aliphatic heterocycles. The lowest BCUT2D eigenvalue weighted by atomic mass is 9.87. The molecule has 214 valence electrons. The van der Waals surface area contributed by atoms with E-state index in [9.17, 15) is 0 Å². The fourth-order valence-corrected chi connectivity index (χ4v) is 7.67. The van der Waals surface area contributed by atoms with E-state index in [0.29, 0.717) is 0 Å². The van der Waals surface area contributed by atoms with Crippen LogP contribution in [0.2, 0.25) is 0 Å². The second kappa shape index (κ2) is 9.69. The standard InChI is InChI=1S/C44H27NO/c1-2-13-29(14-3-1)45-39-22-11-21-35(42(39)38-25-24-28-12-4-5-15-30(28)44(38)45)32-17-7-6-16-31(32)33-26-27-41-43-36(33)19-10-20-37(43)34-18-8-9-23-40(34)46-41/h1-27H. The normalized spacial score (nSPS) is 12.1. The van der Waals surface area contributed by atoms with Gasteiger partial charge < -0.3 is 9.30 Å². The first-order valence-corrected chi connectivity index (χ1v) is 15.8. The van der Waals surface area contributed by atoms with Crippen molar-refractivity contribution in [2.45, 2.75) is 0 Å². The molecule has 0 radical (unpaired) electrons. The van der Waals surface area contributed by atoms with Crippen LogP contribution in [0.15, 0.2) is 164 Å². The molecule has 0 spiro atoms. The minimum Gasteiger partial charge on any atom is -0.456 e. The van der Waals surface area contributed by atoms with Crippen molar-refractivity contribution in [3.63, 3.8) is 0 Å². The molecule has 0 saturated carbocycles. The number of benzene rings is 8. The predicted molar refractivity (Wildman–Crippen MR) is 192 cm³/mol. The highest BCUT2D eigenvalue weighted by Crippen LogP contribution is 2.50. The summed E-state index contributed by atoms with van der Waals surface area (Å²) in [6, 6.07) is 59.0.